The molecule has 2 atom stereocenters. The molecule has 206 valence electrons. The highest BCUT2D eigenvalue weighted by Crippen LogP contribution is 2.41. The second kappa shape index (κ2) is 12.5. The van der Waals surface area contributed by atoms with Crippen LogP contribution < -0.4 is 0 Å². The summed E-state index contributed by atoms with van der Waals surface area (Å²) in [6.07, 6.45) is -1.18. The first kappa shape index (κ1) is 30.2. The van der Waals surface area contributed by atoms with Crippen LogP contribution >= 0.6 is 0 Å². The van der Waals surface area contributed by atoms with Gasteiger partial charge in [-0.1, -0.05) is 0 Å². The van der Waals surface area contributed by atoms with Gasteiger partial charge in [0.05, 0.1) is 31.8 Å². The van der Waals surface area contributed by atoms with Crippen LogP contribution in [0.15, 0.2) is 0 Å². The maximum Gasteiger partial charge on any atom is 0.465 e. The van der Waals surface area contributed by atoms with E-state index in [1.165, 1.54) is 0 Å². The Hall–Kier alpha value is -1.00. The molecule has 1 saturated carbocycles. The fourth-order valence-corrected chi connectivity index (χ4v) is 4.04. The molecule has 1 aliphatic heterocycles. The van der Waals surface area contributed by atoms with E-state index in [1.54, 1.807) is 13.8 Å². The average molecular weight is 535 g/mol. The maximum atomic E-state index is 13.5. The van der Waals surface area contributed by atoms with Crippen molar-refractivity contribution in [3.63, 3.8) is 0 Å². The Morgan fingerprint density at radius 2 is 1.46 bits per heavy atom. The zero-order chi connectivity index (χ0) is 26.3. The highest BCUT2D eigenvalue weighted by molar-refractivity contribution is 7.87. The third-order valence-electron chi connectivity index (χ3n) is 5.86. The molecule has 2 rings (SSSR count). The Bertz CT molecular complexity index is 756. The molecule has 14 heteroatoms. The average Bonchev–Trinajstić information content (AvgIpc) is 2.79. The van der Waals surface area contributed by atoms with E-state index < -0.39 is 51.2 Å². The standard InChI is InChI=1S/C21H36F2O11S/c1-5-28-15(3)30-11-19(12-31-16(4)29-6-2)13-32-20(33-14-19)9-7-17(8-10-20)34-18(24)21(22,23)35(25,26)27/h15-17H,5-14H2,1-4H3,(H,25,26,27). The first-order valence-corrected chi connectivity index (χ1v) is 13.0. The molecule has 2 unspecified atom stereocenters. The molecule has 0 bridgehead atoms. The molecule has 0 aromatic heterocycles. The minimum absolute atomic E-state index is 0.107. The Morgan fingerprint density at radius 3 is 1.86 bits per heavy atom. The van der Waals surface area contributed by atoms with Crippen molar-refractivity contribution in [1.82, 2.24) is 0 Å². The topological polar surface area (TPSA) is 136 Å². The molecule has 35 heavy (non-hydrogen) atoms. The predicted octanol–water partition coefficient (Wildman–Crippen LogP) is 2.48. The predicted molar refractivity (Wildman–Crippen MR) is 116 cm³/mol. The molecule has 11 nitrogen and oxygen atoms in total. The number of esters is 1. The monoisotopic (exact) mass is 534 g/mol. The van der Waals surface area contributed by atoms with Crippen molar-refractivity contribution in [2.24, 2.45) is 5.41 Å². The van der Waals surface area contributed by atoms with E-state index in [9.17, 15) is 22.0 Å². The molecule has 0 aromatic rings. The van der Waals surface area contributed by atoms with Gasteiger partial charge in [0.2, 0.25) is 0 Å². The lowest BCUT2D eigenvalue weighted by molar-refractivity contribution is -0.336. The Balaban J connectivity index is 1.94. The van der Waals surface area contributed by atoms with Crippen molar-refractivity contribution in [3.8, 4) is 0 Å². The lowest BCUT2D eigenvalue weighted by Crippen LogP contribution is -2.55. The molecule has 0 amide bonds. The second-order valence-corrected chi connectivity index (χ2v) is 10.2. The van der Waals surface area contributed by atoms with E-state index in [0.717, 1.165) is 0 Å². The molecule has 1 spiro atoms. The Kier molecular flexibility index (Phi) is 10.8. The van der Waals surface area contributed by atoms with Crippen molar-refractivity contribution in [1.29, 1.82) is 0 Å². The van der Waals surface area contributed by atoms with Crippen molar-refractivity contribution >= 4 is 16.1 Å². The summed E-state index contributed by atoms with van der Waals surface area (Å²) in [5, 5.41) is -5.03. The summed E-state index contributed by atoms with van der Waals surface area (Å²) >= 11 is 0. The van der Waals surface area contributed by atoms with Crippen LogP contribution in [0.2, 0.25) is 0 Å². The minimum atomic E-state index is -5.92. The van der Waals surface area contributed by atoms with Crippen molar-refractivity contribution in [2.45, 2.75) is 83.1 Å². The normalized spacial score (nSPS) is 29.6. The maximum absolute atomic E-state index is 13.5. The van der Waals surface area contributed by atoms with Crippen LogP contribution in [0.4, 0.5) is 8.78 Å². The third kappa shape index (κ3) is 8.25. The summed E-state index contributed by atoms with van der Waals surface area (Å²) in [5.41, 5.74) is -0.650. The molecule has 1 N–H and O–H groups in total. The van der Waals surface area contributed by atoms with Gasteiger partial charge in [-0.2, -0.15) is 17.2 Å². The van der Waals surface area contributed by atoms with Gasteiger partial charge in [0.1, 0.15) is 6.10 Å². The van der Waals surface area contributed by atoms with Gasteiger partial charge in [-0.3, -0.25) is 4.55 Å². The van der Waals surface area contributed by atoms with E-state index in [1.807, 2.05) is 13.8 Å². The molecule has 0 radical (unpaired) electrons. The number of carbonyl (C=O) groups is 1. The lowest BCUT2D eigenvalue weighted by Gasteiger charge is -2.48. The van der Waals surface area contributed by atoms with E-state index in [-0.39, 0.29) is 52.1 Å². The zero-order valence-electron chi connectivity index (χ0n) is 20.5. The van der Waals surface area contributed by atoms with Gasteiger partial charge in [0, 0.05) is 26.1 Å². The second-order valence-electron chi connectivity index (χ2n) is 8.75. The quantitative estimate of drug-likeness (QED) is 0.212. The molecule has 1 aliphatic carbocycles. The van der Waals surface area contributed by atoms with Gasteiger partial charge in [-0.15, -0.1) is 0 Å². The van der Waals surface area contributed by atoms with E-state index >= 15 is 0 Å². The number of rotatable bonds is 13. The molecular formula is C21H36F2O11S. The van der Waals surface area contributed by atoms with Crippen LogP contribution in [-0.2, 0) is 48.1 Å². The fourth-order valence-electron chi connectivity index (χ4n) is 3.78. The van der Waals surface area contributed by atoms with Crippen LogP contribution in [-0.4, -0.2) is 88.3 Å². The van der Waals surface area contributed by atoms with Crippen LogP contribution in [0.5, 0.6) is 0 Å². The number of hydrogen-bond acceptors (Lipinski definition) is 10. The largest absolute Gasteiger partial charge is 0.465 e. The van der Waals surface area contributed by atoms with Crippen LogP contribution in [0.3, 0.4) is 0 Å². The summed E-state index contributed by atoms with van der Waals surface area (Å²) in [6.45, 7) is 9.15. The number of carbonyl (C=O) groups excluding carboxylic acids is 1. The van der Waals surface area contributed by atoms with Gasteiger partial charge in [0.25, 0.3) is 0 Å². The summed E-state index contributed by atoms with van der Waals surface area (Å²) in [6, 6.07) is 0. The first-order valence-electron chi connectivity index (χ1n) is 11.6. The highest BCUT2D eigenvalue weighted by Gasteiger charge is 2.55. The zero-order valence-corrected chi connectivity index (χ0v) is 21.3. The molecular weight excluding hydrogens is 498 g/mol. The van der Waals surface area contributed by atoms with Crippen LogP contribution in [0, 0.1) is 5.41 Å². The van der Waals surface area contributed by atoms with Crippen LogP contribution in [0.25, 0.3) is 0 Å². The number of halogens is 2. The smallest absolute Gasteiger partial charge is 0.457 e. The summed E-state index contributed by atoms with van der Waals surface area (Å²) in [7, 11) is -5.92. The third-order valence-corrected chi connectivity index (χ3v) is 6.68. The highest BCUT2D eigenvalue weighted by atomic mass is 32.2. The van der Waals surface area contributed by atoms with Crippen molar-refractivity contribution in [2.75, 3.05) is 39.6 Å². The molecule has 0 aromatic carbocycles. The SMILES string of the molecule is CCOC(C)OCC1(COC(C)OCC)COC2(CCC(OC(=O)C(F)(F)S(=O)(=O)O)CC2)OC1. The van der Waals surface area contributed by atoms with Gasteiger partial charge in [-0.25, -0.2) is 4.79 Å². The fraction of sp³-hybridized carbons (Fsp3) is 0.952. The van der Waals surface area contributed by atoms with Crippen molar-refractivity contribution in [3.05, 3.63) is 0 Å². The Labute approximate surface area is 204 Å². The first-order chi connectivity index (χ1) is 16.3. The lowest BCUT2D eigenvalue weighted by atomic mass is 9.86. The summed E-state index contributed by atoms with van der Waals surface area (Å²) < 4.78 is 96.2. The number of ether oxygens (including phenoxy) is 7. The van der Waals surface area contributed by atoms with Gasteiger partial charge < -0.3 is 33.2 Å². The van der Waals surface area contributed by atoms with Crippen molar-refractivity contribution < 1.29 is 59.7 Å². The Morgan fingerprint density at radius 1 is 1.00 bits per heavy atom. The minimum Gasteiger partial charge on any atom is -0.457 e. The number of hydrogen-bond donors (Lipinski definition) is 1. The molecule has 2 aliphatic rings. The van der Waals surface area contributed by atoms with Crippen LogP contribution in [0.1, 0.15) is 53.4 Å². The van der Waals surface area contributed by atoms with Gasteiger partial charge in [0.15, 0.2) is 18.4 Å². The summed E-state index contributed by atoms with van der Waals surface area (Å²) in [4.78, 5) is 11.6. The van der Waals surface area contributed by atoms with E-state index in [4.69, 9.17) is 33.0 Å². The summed E-state index contributed by atoms with van der Waals surface area (Å²) in [5.74, 6) is -3.32. The molecule has 1 saturated heterocycles. The number of alkyl halides is 2. The van der Waals surface area contributed by atoms with Gasteiger partial charge in [-0.05, 0) is 40.5 Å². The van der Waals surface area contributed by atoms with E-state index in [2.05, 4.69) is 4.74 Å². The molecule has 1 heterocycles. The van der Waals surface area contributed by atoms with Gasteiger partial charge >= 0.3 is 21.3 Å². The van der Waals surface area contributed by atoms with E-state index in [0.29, 0.717) is 13.2 Å². The molecule has 2 fully saturated rings.